The van der Waals surface area contributed by atoms with Crippen LogP contribution in [0.5, 0.6) is 0 Å². The van der Waals surface area contributed by atoms with Crippen molar-refractivity contribution in [1.82, 2.24) is 4.98 Å². The molecule has 0 radical (unpaired) electrons. The molecule has 2 rings (SSSR count). The molecule has 0 saturated carbocycles. The van der Waals surface area contributed by atoms with Crippen molar-refractivity contribution in [2.24, 2.45) is 0 Å². The van der Waals surface area contributed by atoms with E-state index in [0.717, 1.165) is 25.5 Å². The Morgan fingerprint density at radius 1 is 1.10 bits per heavy atom. The molecule has 3 heteroatoms. The van der Waals surface area contributed by atoms with Crippen molar-refractivity contribution in [3.05, 3.63) is 53.7 Å². The van der Waals surface area contributed by atoms with Crippen LogP contribution in [0.25, 0.3) is 0 Å². The van der Waals surface area contributed by atoms with E-state index in [9.17, 15) is 0 Å². The van der Waals surface area contributed by atoms with Gasteiger partial charge in [-0.1, -0.05) is 23.8 Å². The lowest BCUT2D eigenvalue weighted by Crippen LogP contribution is -2.23. The summed E-state index contributed by atoms with van der Waals surface area (Å²) in [5.74, 6) is 0.987. The number of pyridine rings is 1. The van der Waals surface area contributed by atoms with Gasteiger partial charge in [0.2, 0.25) is 0 Å². The average molecular weight is 269 g/mol. The fourth-order valence-corrected chi connectivity index (χ4v) is 2.24. The van der Waals surface area contributed by atoms with Crippen LogP contribution in [0.3, 0.4) is 0 Å². The van der Waals surface area contributed by atoms with Crippen LogP contribution < -0.4 is 10.2 Å². The normalized spacial score (nSPS) is 10.3. The van der Waals surface area contributed by atoms with Crippen molar-refractivity contribution >= 4 is 11.5 Å². The Hall–Kier alpha value is -2.03. The minimum absolute atomic E-state index is 0.871. The van der Waals surface area contributed by atoms with Gasteiger partial charge in [-0.15, -0.1) is 0 Å². The van der Waals surface area contributed by atoms with Crippen molar-refractivity contribution in [2.75, 3.05) is 23.3 Å². The molecular weight excluding hydrogens is 246 g/mol. The van der Waals surface area contributed by atoms with E-state index in [1.54, 1.807) is 0 Å². The SMILES string of the molecule is CCNc1ncccc1CN(CC)c1ccc(C)cc1. The fourth-order valence-electron chi connectivity index (χ4n) is 2.24. The van der Waals surface area contributed by atoms with Gasteiger partial charge in [-0.2, -0.15) is 0 Å². The molecule has 1 aromatic heterocycles. The molecule has 0 aliphatic carbocycles. The molecule has 0 saturated heterocycles. The molecule has 0 aliphatic rings. The molecule has 0 unspecified atom stereocenters. The molecule has 20 heavy (non-hydrogen) atoms. The molecule has 106 valence electrons. The molecule has 0 bridgehead atoms. The van der Waals surface area contributed by atoms with E-state index in [4.69, 9.17) is 0 Å². The first-order valence-electron chi connectivity index (χ1n) is 7.24. The highest BCUT2D eigenvalue weighted by atomic mass is 15.1. The Labute approximate surface area is 121 Å². The van der Waals surface area contributed by atoms with Gasteiger partial charge in [0, 0.05) is 37.1 Å². The van der Waals surface area contributed by atoms with E-state index < -0.39 is 0 Å². The molecular formula is C17H23N3. The third-order valence-electron chi connectivity index (χ3n) is 3.38. The summed E-state index contributed by atoms with van der Waals surface area (Å²) in [5.41, 5.74) is 3.78. The highest BCUT2D eigenvalue weighted by molar-refractivity contribution is 5.51. The third-order valence-corrected chi connectivity index (χ3v) is 3.38. The number of benzene rings is 1. The van der Waals surface area contributed by atoms with Gasteiger partial charge < -0.3 is 10.2 Å². The largest absolute Gasteiger partial charge is 0.370 e. The van der Waals surface area contributed by atoms with Crippen LogP contribution in [0, 0.1) is 6.92 Å². The van der Waals surface area contributed by atoms with Crippen LogP contribution in [0.1, 0.15) is 25.0 Å². The Bertz CT molecular complexity index is 534. The first-order valence-corrected chi connectivity index (χ1v) is 7.24. The molecule has 0 atom stereocenters. The number of nitrogens with zero attached hydrogens (tertiary/aromatic N) is 2. The highest BCUT2D eigenvalue weighted by Gasteiger charge is 2.09. The highest BCUT2D eigenvalue weighted by Crippen LogP contribution is 2.20. The van der Waals surface area contributed by atoms with Gasteiger partial charge in [0.05, 0.1) is 0 Å². The fraction of sp³-hybridized carbons (Fsp3) is 0.353. The molecule has 1 N–H and O–H groups in total. The molecule has 0 fully saturated rings. The molecule has 2 aromatic rings. The monoisotopic (exact) mass is 269 g/mol. The zero-order valence-electron chi connectivity index (χ0n) is 12.6. The van der Waals surface area contributed by atoms with E-state index in [0.29, 0.717) is 0 Å². The maximum Gasteiger partial charge on any atom is 0.130 e. The second-order valence-electron chi connectivity index (χ2n) is 4.89. The van der Waals surface area contributed by atoms with Gasteiger partial charge in [0.1, 0.15) is 5.82 Å². The Morgan fingerprint density at radius 3 is 2.50 bits per heavy atom. The molecule has 0 amide bonds. The van der Waals surface area contributed by atoms with Crippen molar-refractivity contribution in [3.8, 4) is 0 Å². The van der Waals surface area contributed by atoms with Crippen molar-refractivity contribution in [2.45, 2.75) is 27.3 Å². The van der Waals surface area contributed by atoms with Gasteiger partial charge in [0.15, 0.2) is 0 Å². The summed E-state index contributed by atoms with van der Waals surface area (Å²) < 4.78 is 0. The summed E-state index contributed by atoms with van der Waals surface area (Å²) in [4.78, 5) is 6.78. The molecule has 0 aliphatic heterocycles. The molecule has 1 heterocycles. The van der Waals surface area contributed by atoms with E-state index >= 15 is 0 Å². The van der Waals surface area contributed by atoms with E-state index in [2.05, 4.69) is 66.3 Å². The van der Waals surface area contributed by atoms with E-state index in [1.165, 1.54) is 16.8 Å². The second kappa shape index (κ2) is 6.94. The summed E-state index contributed by atoms with van der Waals surface area (Å²) in [6.45, 7) is 9.13. The average Bonchev–Trinajstić information content (AvgIpc) is 2.48. The lowest BCUT2D eigenvalue weighted by atomic mass is 10.2. The predicted molar refractivity (Wildman–Crippen MR) is 86.3 cm³/mol. The van der Waals surface area contributed by atoms with Gasteiger partial charge in [-0.3, -0.25) is 0 Å². The van der Waals surface area contributed by atoms with Crippen LogP contribution >= 0.6 is 0 Å². The van der Waals surface area contributed by atoms with Gasteiger partial charge in [-0.05, 0) is 39.0 Å². The maximum atomic E-state index is 4.43. The van der Waals surface area contributed by atoms with Crippen molar-refractivity contribution < 1.29 is 0 Å². The minimum atomic E-state index is 0.871. The number of hydrogen-bond acceptors (Lipinski definition) is 3. The van der Waals surface area contributed by atoms with Crippen molar-refractivity contribution in [3.63, 3.8) is 0 Å². The number of rotatable bonds is 6. The summed E-state index contributed by atoms with van der Waals surface area (Å²) in [6.07, 6.45) is 1.84. The van der Waals surface area contributed by atoms with Crippen LogP contribution in [-0.4, -0.2) is 18.1 Å². The van der Waals surface area contributed by atoms with Crippen LogP contribution in [0.2, 0.25) is 0 Å². The van der Waals surface area contributed by atoms with E-state index in [-0.39, 0.29) is 0 Å². The first kappa shape index (κ1) is 14.4. The predicted octanol–water partition coefficient (Wildman–Crippen LogP) is 3.85. The van der Waals surface area contributed by atoms with Crippen molar-refractivity contribution in [1.29, 1.82) is 0 Å². The first-order chi connectivity index (χ1) is 9.74. The van der Waals surface area contributed by atoms with Gasteiger partial charge in [0.25, 0.3) is 0 Å². The number of aromatic nitrogens is 1. The maximum absolute atomic E-state index is 4.43. The van der Waals surface area contributed by atoms with Gasteiger partial charge >= 0.3 is 0 Å². The van der Waals surface area contributed by atoms with Crippen LogP contribution in [0.15, 0.2) is 42.6 Å². The summed E-state index contributed by atoms with van der Waals surface area (Å²) in [7, 11) is 0. The minimum Gasteiger partial charge on any atom is -0.370 e. The quantitative estimate of drug-likeness (QED) is 0.863. The Balaban J connectivity index is 2.20. The molecule has 3 nitrogen and oxygen atoms in total. The standard InChI is InChI=1S/C17H23N3/c1-4-18-17-15(7-6-12-19-17)13-20(5-2)16-10-8-14(3)9-11-16/h6-12H,4-5,13H2,1-3H3,(H,18,19). The van der Waals surface area contributed by atoms with E-state index in [1.807, 2.05) is 12.3 Å². The lowest BCUT2D eigenvalue weighted by Gasteiger charge is -2.24. The third kappa shape index (κ3) is 3.50. The topological polar surface area (TPSA) is 28.2 Å². The summed E-state index contributed by atoms with van der Waals surface area (Å²) in [6, 6.07) is 12.8. The number of anilines is 2. The summed E-state index contributed by atoms with van der Waals surface area (Å²) in [5, 5.41) is 3.33. The molecule has 0 spiro atoms. The zero-order chi connectivity index (χ0) is 14.4. The van der Waals surface area contributed by atoms with Crippen LogP contribution in [-0.2, 0) is 6.54 Å². The lowest BCUT2D eigenvalue weighted by molar-refractivity contribution is 0.828. The number of nitrogens with one attached hydrogen (secondary N) is 1. The number of hydrogen-bond donors (Lipinski definition) is 1. The van der Waals surface area contributed by atoms with Crippen LogP contribution in [0.4, 0.5) is 11.5 Å². The summed E-state index contributed by atoms with van der Waals surface area (Å²) >= 11 is 0. The molecule has 1 aromatic carbocycles. The van der Waals surface area contributed by atoms with Gasteiger partial charge in [-0.25, -0.2) is 4.98 Å². The Kier molecular flexibility index (Phi) is 4.99. The second-order valence-corrected chi connectivity index (χ2v) is 4.89. The zero-order valence-corrected chi connectivity index (χ0v) is 12.6. The number of aryl methyl sites for hydroxylation is 1. The smallest absolute Gasteiger partial charge is 0.130 e. The Morgan fingerprint density at radius 2 is 1.85 bits per heavy atom.